The zero-order valence-corrected chi connectivity index (χ0v) is 9.54. The van der Waals surface area contributed by atoms with Crippen molar-refractivity contribution in [3.63, 3.8) is 0 Å². The van der Waals surface area contributed by atoms with Gasteiger partial charge in [0.15, 0.2) is 17.2 Å². The predicted molar refractivity (Wildman–Crippen MR) is 61.1 cm³/mol. The normalized spacial score (nSPS) is 10.3. The number of rotatable bonds is 3. The highest BCUT2D eigenvalue weighted by Crippen LogP contribution is 2.30. The molecule has 2 rings (SSSR count). The van der Waals surface area contributed by atoms with Gasteiger partial charge in [0.1, 0.15) is 5.69 Å². The first-order valence-electron chi connectivity index (χ1n) is 5.23. The Kier molecular flexibility index (Phi) is 3.13. The van der Waals surface area contributed by atoms with Crippen molar-refractivity contribution in [1.82, 2.24) is 15.4 Å². The van der Waals surface area contributed by atoms with E-state index in [1.807, 2.05) is 0 Å². The second-order valence-corrected chi connectivity index (χ2v) is 3.44. The molecule has 7 nitrogen and oxygen atoms in total. The van der Waals surface area contributed by atoms with Crippen LogP contribution in [0.25, 0.3) is 11.3 Å². The molecule has 0 aliphatic heterocycles. The molecule has 0 unspecified atom stereocenters. The highest BCUT2D eigenvalue weighted by Gasteiger charge is 2.19. The smallest absolute Gasteiger partial charge is 0.361 e. The molecule has 0 fully saturated rings. The van der Waals surface area contributed by atoms with E-state index in [0.29, 0.717) is 5.56 Å². The highest BCUT2D eigenvalue weighted by molar-refractivity contribution is 5.94. The van der Waals surface area contributed by atoms with Gasteiger partial charge in [0.2, 0.25) is 0 Å². The van der Waals surface area contributed by atoms with Gasteiger partial charge >= 0.3 is 5.97 Å². The number of aromatic nitrogens is 3. The van der Waals surface area contributed by atoms with E-state index in [9.17, 15) is 15.0 Å². The fraction of sp³-hybridized carbons (Fsp3) is 0.182. The van der Waals surface area contributed by atoms with Crippen LogP contribution in [0.2, 0.25) is 0 Å². The van der Waals surface area contributed by atoms with E-state index in [2.05, 4.69) is 15.4 Å². The van der Waals surface area contributed by atoms with E-state index in [0.717, 1.165) is 0 Å². The van der Waals surface area contributed by atoms with E-state index < -0.39 is 5.97 Å². The molecule has 1 aromatic carbocycles. The lowest BCUT2D eigenvalue weighted by molar-refractivity contribution is 0.0520. The minimum absolute atomic E-state index is 0.0296. The molecule has 1 heterocycles. The van der Waals surface area contributed by atoms with Crippen LogP contribution in [0.5, 0.6) is 11.5 Å². The molecule has 0 aliphatic carbocycles. The molecule has 0 atom stereocenters. The Morgan fingerprint density at radius 1 is 1.33 bits per heavy atom. The van der Waals surface area contributed by atoms with E-state index in [1.54, 1.807) is 6.92 Å². The van der Waals surface area contributed by atoms with Crippen LogP contribution in [0.3, 0.4) is 0 Å². The van der Waals surface area contributed by atoms with Gasteiger partial charge in [-0.1, -0.05) is 0 Å². The number of H-pyrrole nitrogens is 1. The number of hydrogen-bond donors (Lipinski definition) is 3. The topological polar surface area (TPSA) is 108 Å². The number of aromatic amines is 1. The van der Waals surface area contributed by atoms with Crippen molar-refractivity contribution >= 4 is 5.97 Å². The van der Waals surface area contributed by atoms with Gasteiger partial charge in [0.25, 0.3) is 0 Å². The van der Waals surface area contributed by atoms with Gasteiger partial charge in [-0.2, -0.15) is 10.3 Å². The van der Waals surface area contributed by atoms with Crippen LogP contribution in [0, 0.1) is 0 Å². The number of esters is 1. The Morgan fingerprint density at radius 3 is 2.78 bits per heavy atom. The van der Waals surface area contributed by atoms with Gasteiger partial charge in [0, 0.05) is 5.56 Å². The van der Waals surface area contributed by atoms with Crippen LogP contribution in [0.15, 0.2) is 18.2 Å². The lowest BCUT2D eigenvalue weighted by Crippen LogP contribution is -2.06. The number of benzene rings is 1. The second kappa shape index (κ2) is 4.74. The minimum Gasteiger partial charge on any atom is -0.504 e. The summed E-state index contributed by atoms with van der Waals surface area (Å²) in [5, 5.41) is 28.5. The zero-order chi connectivity index (χ0) is 13.1. The van der Waals surface area contributed by atoms with Crippen molar-refractivity contribution in [1.29, 1.82) is 0 Å². The van der Waals surface area contributed by atoms with Crippen LogP contribution in [0.4, 0.5) is 0 Å². The average Bonchev–Trinajstić information content (AvgIpc) is 2.82. The summed E-state index contributed by atoms with van der Waals surface area (Å²) in [6.45, 7) is 1.91. The molecule has 0 spiro atoms. The summed E-state index contributed by atoms with van der Waals surface area (Å²) >= 11 is 0. The number of phenolic OH excluding ortho intramolecular Hbond substituents is 2. The molecule has 2 aromatic rings. The first-order chi connectivity index (χ1) is 8.63. The molecule has 7 heteroatoms. The van der Waals surface area contributed by atoms with E-state index in [-0.39, 0.29) is 29.5 Å². The highest BCUT2D eigenvalue weighted by atomic mass is 16.5. The van der Waals surface area contributed by atoms with Crippen LogP contribution in [-0.2, 0) is 4.74 Å². The first kappa shape index (κ1) is 11.9. The summed E-state index contributed by atoms with van der Waals surface area (Å²) in [6, 6.07) is 4.10. The van der Waals surface area contributed by atoms with Gasteiger partial charge in [-0.25, -0.2) is 4.79 Å². The molecule has 0 amide bonds. The lowest BCUT2D eigenvalue weighted by Gasteiger charge is -2.02. The van der Waals surface area contributed by atoms with Crippen molar-refractivity contribution in [3.8, 4) is 22.8 Å². The fourth-order valence-corrected chi connectivity index (χ4v) is 1.44. The maximum atomic E-state index is 11.6. The van der Waals surface area contributed by atoms with Crippen LogP contribution < -0.4 is 0 Å². The first-order valence-corrected chi connectivity index (χ1v) is 5.23. The van der Waals surface area contributed by atoms with Crippen molar-refractivity contribution in [2.75, 3.05) is 6.61 Å². The van der Waals surface area contributed by atoms with Crippen molar-refractivity contribution in [2.45, 2.75) is 6.92 Å². The third-order valence-corrected chi connectivity index (χ3v) is 2.27. The number of carbonyl (C=O) groups is 1. The van der Waals surface area contributed by atoms with Gasteiger partial charge in [0.05, 0.1) is 6.61 Å². The Balaban J connectivity index is 2.42. The summed E-state index contributed by atoms with van der Waals surface area (Å²) in [4.78, 5) is 11.6. The monoisotopic (exact) mass is 249 g/mol. The molecule has 1 aromatic heterocycles. The molecule has 18 heavy (non-hydrogen) atoms. The van der Waals surface area contributed by atoms with Crippen molar-refractivity contribution < 1.29 is 19.7 Å². The SMILES string of the molecule is CCOC(=O)c1n[nH]nc1-c1ccc(O)c(O)c1. The van der Waals surface area contributed by atoms with Gasteiger partial charge < -0.3 is 14.9 Å². The third kappa shape index (κ3) is 2.10. The third-order valence-electron chi connectivity index (χ3n) is 2.27. The minimum atomic E-state index is -0.603. The average molecular weight is 249 g/mol. The molecule has 0 saturated heterocycles. The predicted octanol–water partition coefficient (Wildman–Crippen LogP) is 1.06. The number of aromatic hydroxyl groups is 2. The summed E-state index contributed by atoms with van der Waals surface area (Å²) in [6.07, 6.45) is 0. The van der Waals surface area contributed by atoms with Crippen LogP contribution in [0.1, 0.15) is 17.4 Å². The maximum absolute atomic E-state index is 11.6. The van der Waals surface area contributed by atoms with Crippen LogP contribution in [-0.4, -0.2) is 38.2 Å². The summed E-state index contributed by atoms with van der Waals surface area (Å²) in [5.74, 6) is -1.15. The lowest BCUT2D eigenvalue weighted by atomic mass is 10.1. The summed E-state index contributed by atoms with van der Waals surface area (Å²) < 4.78 is 4.83. The van der Waals surface area contributed by atoms with E-state index in [4.69, 9.17) is 4.74 Å². The number of carbonyl (C=O) groups excluding carboxylic acids is 1. The Bertz CT molecular complexity index is 579. The van der Waals surface area contributed by atoms with E-state index >= 15 is 0 Å². The second-order valence-electron chi connectivity index (χ2n) is 3.44. The summed E-state index contributed by atoms with van der Waals surface area (Å²) in [7, 11) is 0. The quantitative estimate of drug-likeness (QED) is 0.554. The molecular formula is C11H11N3O4. The largest absolute Gasteiger partial charge is 0.504 e. The zero-order valence-electron chi connectivity index (χ0n) is 9.54. The Labute approximate surface area is 102 Å². The molecule has 0 radical (unpaired) electrons. The van der Waals surface area contributed by atoms with Crippen molar-refractivity contribution in [3.05, 3.63) is 23.9 Å². The van der Waals surface area contributed by atoms with Gasteiger partial charge in [-0.15, -0.1) is 5.10 Å². The molecule has 0 saturated carbocycles. The number of nitrogens with zero attached hydrogens (tertiary/aromatic N) is 2. The number of nitrogens with one attached hydrogen (secondary N) is 1. The molecule has 94 valence electrons. The van der Waals surface area contributed by atoms with Gasteiger partial charge in [-0.3, -0.25) is 0 Å². The molecule has 0 bridgehead atoms. The summed E-state index contributed by atoms with van der Waals surface area (Å²) in [5.41, 5.74) is 0.729. The molecule has 3 N–H and O–H groups in total. The van der Waals surface area contributed by atoms with Crippen molar-refractivity contribution in [2.24, 2.45) is 0 Å². The standard InChI is InChI=1S/C11H11N3O4/c1-2-18-11(17)10-9(12-14-13-10)6-3-4-7(15)8(16)5-6/h3-5,15-16H,2H2,1H3,(H,12,13,14). The number of hydrogen-bond acceptors (Lipinski definition) is 6. The Hall–Kier alpha value is -2.57. The number of ether oxygens (including phenoxy) is 1. The maximum Gasteiger partial charge on any atom is 0.361 e. The Morgan fingerprint density at radius 2 is 2.11 bits per heavy atom. The van der Waals surface area contributed by atoms with Crippen LogP contribution >= 0.6 is 0 Å². The molecule has 0 aliphatic rings. The molecular weight excluding hydrogens is 238 g/mol. The van der Waals surface area contributed by atoms with Gasteiger partial charge in [-0.05, 0) is 25.1 Å². The fourth-order valence-electron chi connectivity index (χ4n) is 1.44. The van der Waals surface area contributed by atoms with E-state index in [1.165, 1.54) is 18.2 Å². The number of phenols is 2.